The molecule has 0 aromatic heterocycles. The highest BCUT2D eigenvalue weighted by Crippen LogP contribution is 2.33. The maximum Gasteiger partial charge on any atom is 0.126 e. The molecule has 1 heterocycles. The fourth-order valence-corrected chi connectivity index (χ4v) is 5.48. The minimum atomic E-state index is 0.0967. The van der Waals surface area contributed by atoms with Crippen molar-refractivity contribution in [1.82, 2.24) is 0 Å². The molecule has 3 N–H and O–H groups in total. The molecule has 0 saturated heterocycles. The molecule has 0 spiro atoms. The van der Waals surface area contributed by atoms with Gasteiger partial charge < -0.3 is 29.5 Å². The first-order chi connectivity index (χ1) is 15.8. The minimum absolute atomic E-state index is 0.0967. The molecule has 1 aliphatic rings. The molecule has 0 saturated carbocycles. The molecule has 0 amide bonds. The Kier molecular flexibility index (Phi) is 8.19. The Hall–Kier alpha value is -1.37. The summed E-state index contributed by atoms with van der Waals surface area (Å²) in [6.45, 7) is 0.955. The molecule has 174 valence electrons. The van der Waals surface area contributed by atoms with Gasteiger partial charge in [0.15, 0.2) is 0 Å². The van der Waals surface area contributed by atoms with E-state index >= 15 is 0 Å². The van der Waals surface area contributed by atoms with E-state index < -0.39 is 0 Å². The standard InChI is InChI=1S/C24H21Br2IO6/c25-19-1-13-7-31-8-14-2-20(26)4-16(23(14)29)10-33-12-18-6-21(27)5-17(24(18)30)11-32-9-15(3-19)22(13)28/h1-6,28-30H,7-12H2. The number of ether oxygens (including phenoxy) is 3. The van der Waals surface area contributed by atoms with Crippen LogP contribution >= 0.6 is 54.5 Å². The second-order valence-corrected chi connectivity index (χ2v) is 10.8. The van der Waals surface area contributed by atoms with Gasteiger partial charge in [0.2, 0.25) is 0 Å². The molecule has 3 aromatic carbocycles. The molecule has 6 bridgehead atoms. The van der Waals surface area contributed by atoms with E-state index in [-0.39, 0.29) is 56.9 Å². The first-order valence-corrected chi connectivity index (χ1v) is 12.7. The van der Waals surface area contributed by atoms with Crippen molar-refractivity contribution in [3.8, 4) is 17.2 Å². The molecule has 3 aromatic rings. The van der Waals surface area contributed by atoms with E-state index in [4.69, 9.17) is 14.2 Å². The Labute approximate surface area is 221 Å². The summed E-state index contributed by atoms with van der Waals surface area (Å²) in [7, 11) is 0. The lowest BCUT2D eigenvalue weighted by Crippen LogP contribution is -2.03. The predicted octanol–water partition coefficient (Wildman–Crippen LogP) is 6.40. The van der Waals surface area contributed by atoms with Crippen molar-refractivity contribution in [3.05, 3.63) is 82.3 Å². The quantitative estimate of drug-likeness (QED) is 0.237. The molecule has 1 aliphatic heterocycles. The van der Waals surface area contributed by atoms with E-state index in [2.05, 4.69) is 54.5 Å². The predicted molar refractivity (Wildman–Crippen MR) is 138 cm³/mol. The largest absolute Gasteiger partial charge is 0.507 e. The first kappa shape index (κ1) is 24.7. The van der Waals surface area contributed by atoms with Gasteiger partial charge in [0, 0.05) is 45.9 Å². The molecule has 0 aliphatic carbocycles. The number of hydrogen-bond acceptors (Lipinski definition) is 6. The summed E-state index contributed by atoms with van der Waals surface area (Å²) >= 11 is 9.14. The lowest BCUT2D eigenvalue weighted by molar-refractivity contribution is 0.0930. The monoisotopic (exact) mass is 690 g/mol. The Morgan fingerprint density at radius 3 is 1.03 bits per heavy atom. The average Bonchev–Trinajstić information content (AvgIpc) is 2.76. The summed E-state index contributed by atoms with van der Waals surface area (Å²) in [6, 6.07) is 10.9. The van der Waals surface area contributed by atoms with E-state index in [1.165, 1.54) is 0 Å². The lowest BCUT2D eigenvalue weighted by Gasteiger charge is -2.16. The van der Waals surface area contributed by atoms with Gasteiger partial charge in [-0.25, -0.2) is 0 Å². The van der Waals surface area contributed by atoms with Crippen molar-refractivity contribution < 1.29 is 29.5 Å². The normalized spacial score (nSPS) is 15.0. The van der Waals surface area contributed by atoms with Crippen LogP contribution in [0.25, 0.3) is 0 Å². The third kappa shape index (κ3) is 6.01. The third-order valence-corrected chi connectivity index (χ3v) is 6.78. The number of phenols is 3. The van der Waals surface area contributed by atoms with Crippen LogP contribution in [0.15, 0.2) is 45.3 Å². The lowest BCUT2D eigenvalue weighted by atomic mass is 10.1. The summed E-state index contributed by atoms with van der Waals surface area (Å²) in [5, 5.41) is 32.2. The zero-order valence-corrected chi connectivity index (χ0v) is 22.7. The van der Waals surface area contributed by atoms with E-state index in [1.54, 1.807) is 24.3 Å². The summed E-state index contributed by atoms with van der Waals surface area (Å²) in [5.41, 5.74) is 3.67. The minimum Gasteiger partial charge on any atom is -0.507 e. The van der Waals surface area contributed by atoms with Crippen molar-refractivity contribution in [2.24, 2.45) is 0 Å². The van der Waals surface area contributed by atoms with Crippen molar-refractivity contribution in [3.63, 3.8) is 0 Å². The van der Waals surface area contributed by atoms with Gasteiger partial charge in [0.1, 0.15) is 17.2 Å². The number of halogens is 3. The highest BCUT2D eigenvalue weighted by Gasteiger charge is 2.16. The number of rotatable bonds is 0. The Morgan fingerprint density at radius 2 is 0.758 bits per heavy atom. The number of aromatic hydroxyl groups is 3. The van der Waals surface area contributed by atoms with Crippen molar-refractivity contribution >= 4 is 54.5 Å². The van der Waals surface area contributed by atoms with Crippen LogP contribution in [0.2, 0.25) is 0 Å². The second-order valence-electron chi connectivity index (χ2n) is 7.70. The first-order valence-electron chi connectivity index (χ1n) is 10.1. The fourth-order valence-electron chi connectivity index (χ4n) is 3.63. The van der Waals surface area contributed by atoms with Gasteiger partial charge in [-0.15, -0.1) is 0 Å². The van der Waals surface area contributed by atoms with Crippen LogP contribution in [0, 0.1) is 3.57 Å². The van der Waals surface area contributed by atoms with Crippen LogP contribution in [-0.2, 0) is 53.9 Å². The number of benzene rings is 3. The van der Waals surface area contributed by atoms with Gasteiger partial charge >= 0.3 is 0 Å². The molecule has 0 unspecified atom stereocenters. The fraction of sp³-hybridized carbons (Fsp3) is 0.250. The van der Waals surface area contributed by atoms with E-state index in [9.17, 15) is 15.3 Å². The van der Waals surface area contributed by atoms with Crippen LogP contribution < -0.4 is 0 Å². The van der Waals surface area contributed by atoms with Gasteiger partial charge in [-0.3, -0.25) is 0 Å². The summed E-state index contributed by atoms with van der Waals surface area (Å²) < 4.78 is 20.0. The van der Waals surface area contributed by atoms with Gasteiger partial charge in [0.25, 0.3) is 0 Å². The molecular weight excluding hydrogens is 671 g/mol. The van der Waals surface area contributed by atoms with Crippen LogP contribution in [-0.4, -0.2) is 15.3 Å². The SMILES string of the molecule is Oc1c2cc(Br)cc1COCc1cc(I)cc(c1O)COCc1cc(Br)cc(c1O)COC2. The number of fused-ring (bicyclic) bond motifs is 6. The summed E-state index contributed by atoms with van der Waals surface area (Å²) in [6.07, 6.45) is 0. The highest BCUT2D eigenvalue weighted by molar-refractivity contribution is 14.1. The molecule has 4 rings (SSSR count). The van der Waals surface area contributed by atoms with Crippen LogP contribution in [0.4, 0.5) is 0 Å². The molecule has 33 heavy (non-hydrogen) atoms. The molecule has 0 fully saturated rings. The summed E-state index contributed by atoms with van der Waals surface area (Å²) in [4.78, 5) is 0. The zero-order chi connectivity index (χ0) is 23.5. The van der Waals surface area contributed by atoms with E-state index in [1.807, 2.05) is 12.1 Å². The van der Waals surface area contributed by atoms with Crippen LogP contribution in [0.1, 0.15) is 33.4 Å². The van der Waals surface area contributed by atoms with Crippen molar-refractivity contribution in [2.75, 3.05) is 0 Å². The topological polar surface area (TPSA) is 88.4 Å². The average molecular weight is 692 g/mol. The molecular formula is C24H21Br2IO6. The third-order valence-electron chi connectivity index (χ3n) is 5.24. The maximum atomic E-state index is 10.7. The van der Waals surface area contributed by atoms with Gasteiger partial charge in [0.05, 0.1) is 39.6 Å². The Morgan fingerprint density at radius 1 is 0.515 bits per heavy atom. The number of hydrogen-bond donors (Lipinski definition) is 3. The highest BCUT2D eigenvalue weighted by atomic mass is 127. The van der Waals surface area contributed by atoms with Crippen LogP contribution in [0.3, 0.4) is 0 Å². The smallest absolute Gasteiger partial charge is 0.126 e. The molecule has 0 atom stereocenters. The maximum absolute atomic E-state index is 10.7. The van der Waals surface area contributed by atoms with Crippen molar-refractivity contribution in [2.45, 2.75) is 39.6 Å². The summed E-state index contributed by atoms with van der Waals surface area (Å²) in [5.74, 6) is 0.307. The van der Waals surface area contributed by atoms with Crippen LogP contribution in [0.5, 0.6) is 17.2 Å². The number of phenolic OH excluding ortho intramolecular Hbond substituents is 3. The van der Waals surface area contributed by atoms with E-state index in [0.717, 1.165) is 12.5 Å². The second kappa shape index (κ2) is 10.9. The molecule has 0 radical (unpaired) electrons. The van der Waals surface area contributed by atoms with Gasteiger partial charge in [-0.1, -0.05) is 31.9 Å². The van der Waals surface area contributed by atoms with Crippen molar-refractivity contribution in [1.29, 1.82) is 0 Å². The molecule has 9 heteroatoms. The zero-order valence-electron chi connectivity index (χ0n) is 17.4. The van der Waals surface area contributed by atoms with E-state index in [0.29, 0.717) is 33.4 Å². The Bertz CT molecular complexity index is 962. The Balaban J connectivity index is 1.71. The van der Waals surface area contributed by atoms with Gasteiger partial charge in [-0.2, -0.15) is 0 Å². The molecule has 6 nitrogen and oxygen atoms in total. The van der Waals surface area contributed by atoms with Gasteiger partial charge in [-0.05, 0) is 59.0 Å².